The lowest BCUT2D eigenvalue weighted by Crippen LogP contribution is -2.58. The lowest BCUT2D eigenvalue weighted by atomic mass is 10.1. The summed E-state index contributed by atoms with van der Waals surface area (Å²) in [5, 5.41) is 18.4. The molecule has 0 saturated carbocycles. The predicted molar refractivity (Wildman–Crippen MR) is 95.0 cm³/mol. The molecule has 26 heavy (non-hydrogen) atoms. The van der Waals surface area contributed by atoms with Crippen LogP contribution in [0.15, 0.2) is 6.33 Å². The van der Waals surface area contributed by atoms with Gasteiger partial charge in [-0.2, -0.15) is 15.0 Å². The predicted octanol–water partition coefficient (Wildman–Crippen LogP) is -0.159. The minimum absolute atomic E-state index is 0.00261. The quantitative estimate of drug-likeness (QED) is 0.722. The number of piperazine rings is 1. The second-order valence-electron chi connectivity index (χ2n) is 6.16. The van der Waals surface area contributed by atoms with E-state index >= 15 is 0 Å². The van der Waals surface area contributed by atoms with E-state index in [-0.39, 0.29) is 36.4 Å². The first kappa shape index (κ1) is 18.6. The van der Waals surface area contributed by atoms with Gasteiger partial charge < -0.3 is 20.0 Å². The van der Waals surface area contributed by atoms with E-state index in [4.69, 9.17) is 16.7 Å². The van der Waals surface area contributed by atoms with Crippen molar-refractivity contribution in [2.75, 3.05) is 29.5 Å². The fourth-order valence-electron chi connectivity index (χ4n) is 3.14. The van der Waals surface area contributed by atoms with E-state index in [1.807, 2.05) is 0 Å². The van der Waals surface area contributed by atoms with E-state index in [1.54, 1.807) is 0 Å². The van der Waals surface area contributed by atoms with Crippen molar-refractivity contribution < 1.29 is 10.2 Å². The second kappa shape index (κ2) is 8.02. The van der Waals surface area contributed by atoms with E-state index in [0.29, 0.717) is 37.2 Å². The van der Waals surface area contributed by atoms with Crippen molar-refractivity contribution in [2.45, 2.75) is 39.0 Å². The highest BCUT2D eigenvalue weighted by molar-refractivity contribution is 6.28. The number of nitrogens with zero attached hydrogens (tertiary/aromatic N) is 8. The largest absolute Gasteiger partial charge is 0.396 e. The fourth-order valence-corrected chi connectivity index (χ4v) is 3.31. The number of anilines is 2. The molecule has 0 aromatic carbocycles. The van der Waals surface area contributed by atoms with E-state index in [0.717, 1.165) is 0 Å². The van der Waals surface area contributed by atoms with Gasteiger partial charge in [-0.1, -0.05) is 0 Å². The van der Waals surface area contributed by atoms with Crippen LogP contribution < -0.4 is 9.80 Å². The molecule has 1 aliphatic heterocycles. The molecule has 2 atom stereocenters. The first-order valence-corrected chi connectivity index (χ1v) is 8.73. The van der Waals surface area contributed by atoms with Gasteiger partial charge in [0.15, 0.2) is 5.82 Å². The van der Waals surface area contributed by atoms with Crippen LogP contribution in [0.2, 0.25) is 5.28 Å². The summed E-state index contributed by atoms with van der Waals surface area (Å²) >= 11 is 5.96. The number of aromatic nitrogens is 6. The summed E-state index contributed by atoms with van der Waals surface area (Å²) in [4.78, 5) is 29.3. The summed E-state index contributed by atoms with van der Waals surface area (Å²) in [5.41, 5.74) is 0. The van der Waals surface area contributed by atoms with Crippen LogP contribution in [-0.2, 0) is 13.0 Å². The average molecular weight is 381 g/mol. The number of rotatable bonds is 5. The maximum absolute atomic E-state index is 9.30. The third-order valence-corrected chi connectivity index (χ3v) is 4.33. The minimum atomic E-state index is -0.295. The first-order chi connectivity index (χ1) is 12.5. The van der Waals surface area contributed by atoms with E-state index in [1.165, 1.54) is 6.33 Å². The number of aliphatic hydroxyl groups is 2. The maximum Gasteiger partial charge on any atom is 0.230 e. The molecule has 1 aliphatic rings. The highest BCUT2D eigenvalue weighted by Crippen LogP contribution is 2.24. The topological polar surface area (TPSA) is 124 Å². The molecule has 1 saturated heterocycles. The van der Waals surface area contributed by atoms with Crippen LogP contribution in [0, 0.1) is 0 Å². The van der Waals surface area contributed by atoms with Gasteiger partial charge in [0.1, 0.15) is 18.8 Å². The summed E-state index contributed by atoms with van der Waals surface area (Å²) in [7, 11) is 0. The number of aliphatic hydroxyl groups excluding tert-OH is 2. The van der Waals surface area contributed by atoms with Gasteiger partial charge >= 0.3 is 0 Å². The molecule has 11 heteroatoms. The number of hydrogen-bond acceptors (Lipinski definition) is 10. The molecule has 0 unspecified atom stereocenters. The Hall–Kier alpha value is -2.17. The number of hydrogen-bond donors (Lipinski definition) is 2. The summed E-state index contributed by atoms with van der Waals surface area (Å²) in [6.07, 6.45) is 1.86. The normalized spacial score (nSPS) is 20.5. The molecule has 2 aromatic heterocycles. The van der Waals surface area contributed by atoms with Gasteiger partial charge in [0.25, 0.3) is 0 Å². The van der Waals surface area contributed by atoms with Gasteiger partial charge in [-0.05, 0) is 25.4 Å². The Morgan fingerprint density at radius 2 is 1.69 bits per heavy atom. The van der Waals surface area contributed by atoms with Gasteiger partial charge in [-0.15, -0.1) is 0 Å². The maximum atomic E-state index is 9.30. The average Bonchev–Trinajstić information content (AvgIpc) is 2.61. The van der Waals surface area contributed by atoms with E-state index in [9.17, 15) is 5.11 Å². The monoisotopic (exact) mass is 380 g/mol. The van der Waals surface area contributed by atoms with Crippen molar-refractivity contribution in [3.63, 3.8) is 0 Å². The molecule has 2 N–H and O–H groups in total. The third-order valence-electron chi connectivity index (χ3n) is 4.16. The molecule has 0 bridgehead atoms. The molecular weight excluding hydrogens is 360 g/mol. The zero-order valence-corrected chi connectivity index (χ0v) is 15.4. The van der Waals surface area contributed by atoms with Crippen molar-refractivity contribution in [3.05, 3.63) is 23.3 Å². The Bertz CT molecular complexity index is 752. The first-order valence-electron chi connectivity index (χ1n) is 8.35. The zero-order valence-electron chi connectivity index (χ0n) is 14.6. The second-order valence-corrected chi connectivity index (χ2v) is 6.50. The van der Waals surface area contributed by atoms with Crippen LogP contribution in [-0.4, -0.2) is 71.9 Å². The van der Waals surface area contributed by atoms with E-state index < -0.39 is 0 Å². The van der Waals surface area contributed by atoms with Crippen LogP contribution in [0.3, 0.4) is 0 Å². The SMILES string of the molecule is C[C@@H]1CN(c2ncnc(CCO)n2)C[C@H](C)N1c1nc(Cl)nc(CO)n1. The molecule has 0 spiro atoms. The van der Waals surface area contributed by atoms with Crippen molar-refractivity contribution in [1.29, 1.82) is 0 Å². The summed E-state index contributed by atoms with van der Waals surface area (Å²) in [6, 6.07) is 0.114. The standard InChI is InChI=1S/C15H21ClN8O2/c1-9-5-23(14-18-8-17-11(20-14)3-4-25)6-10(2)24(9)15-21-12(7-26)19-13(16)22-15/h8-10,25-26H,3-7H2,1-2H3/t9-,10+. The van der Waals surface area contributed by atoms with E-state index in [2.05, 4.69) is 53.6 Å². The smallest absolute Gasteiger partial charge is 0.230 e. The van der Waals surface area contributed by atoms with Crippen LogP contribution >= 0.6 is 11.6 Å². The molecular formula is C15H21ClN8O2. The van der Waals surface area contributed by atoms with Gasteiger partial charge in [-0.3, -0.25) is 0 Å². The lowest BCUT2D eigenvalue weighted by Gasteiger charge is -2.44. The Morgan fingerprint density at radius 1 is 1.00 bits per heavy atom. The van der Waals surface area contributed by atoms with Crippen molar-refractivity contribution >= 4 is 23.5 Å². The zero-order chi connectivity index (χ0) is 18.7. The highest BCUT2D eigenvalue weighted by atomic mass is 35.5. The molecule has 3 rings (SSSR count). The molecule has 2 aromatic rings. The minimum Gasteiger partial charge on any atom is -0.396 e. The van der Waals surface area contributed by atoms with Crippen LogP contribution in [0.1, 0.15) is 25.5 Å². The summed E-state index contributed by atoms with van der Waals surface area (Å²) in [6.45, 7) is 5.12. The molecule has 0 amide bonds. The summed E-state index contributed by atoms with van der Waals surface area (Å²) < 4.78 is 0. The van der Waals surface area contributed by atoms with Gasteiger partial charge in [0.2, 0.25) is 17.2 Å². The Kier molecular flexibility index (Phi) is 5.74. The van der Waals surface area contributed by atoms with Crippen molar-refractivity contribution in [2.24, 2.45) is 0 Å². The fraction of sp³-hybridized carbons (Fsp3) is 0.600. The molecule has 1 fully saturated rings. The Morgan fingerprint density at radius 3 is 2.35 bits per heavy atom. The van der Waals surface area contributed by atoms with Crippen LogP contribution in [0.25, 0.3) is 0 Å². The van der Waals surface area contributed by atoms with Crippen LogP contribution in [0.5, 0.6) is 0 Å². The third kappa shape index (κ3) is 3.97. The molecule has 140 valence electrons. The molecule has 0 aliphatic carbocycles. The summed E-state index contributed by atoms with van der Waals surface area (Å²) in [5.74, 6) is 1.85. The van der Waals surface area contributed by atoms with Crippen molar-refractivity contribution in [1.82, 2.24) is 29.9 Å². The molecule has 10 nitrogen and oxygen atoms in total. The Balaban J connectivity index is 1.81. The molecule has 3 heterocycles. The van der Waals surface area contributed by atoms with Gasteiger partial charge in [-0.25, -0.2) is 15.0 Å². The highest BCUT2D eigenvalue weighted by Gasteiger charge is 2.33. The number of halogens is 1. The van der Waals surface area contributed by atoms with Gasteiger partial charge in [0.05, 0.1) is 6.61 Å². The molecule has 0 radical (unpaired) electrons. The lowest BCUT2D eigenvalue weighted by molar-refractivity contribution is 0.270. The van der Waals surface area contributed by atoms with Gasteiger partial charge in [0, 0.05) is 31.6 Å². The Labute approximate surface area is 155 Å². The van der Waals surface area contributed by atoms with Crippen LogP contribution in [0.4, 0.5) is 11.9 Å². The van der Waals surface area contributed by atoms with Crippen molar-refractivity contribution in [3.8, 4) is 0 Å².